The smallest absolute Gasteiger partial charge is 0.251 e. The molecular formula is C14H20N6O. The fourth-order valence-electron chi connectivity index (χ4n) is 2.13. The molecule has 1 aromatic carbocycles. The highest BCUT2D eigenvalue weighted by atomic mass is 16.1. The minimum absolute atomic E-state index is 0.192. The summed E-state index contributed by atoms with van der Waals surface area (Å²) >= 11 is 0. The third-order valence-corrected chi connectivity index (χ3v) is 3.25. The second-order valence-corrected chi connectivity index (χ2v) is 5.16. The van der Waals surface area contributed by atoms with Crippen molar-refractivity contribution >= 4 is 17.3 Å². The van der Waals surface area contributed by atoms with Gasteiger partial charge in [0.1, 0.15) is 6.33 Å². The summed E-state index contributed by atoms with van der Waals surface area (Å²) in [6, 6.07) is 5.02. The van der Waals surface area contributed by atoms with E-state index in [1.165, 1.54) is 0 Å². The number of hydrogen-bond acceptors (Lipinski definition) is 5. The van der Waals surface area contributed by atoms with E-state index >= 15 is 0 Å². The van der Waals surface area contributed by atoms with Crippen molar-refractivity contribution < 1.29 is 4.79 Å². The average Bonchev–Trinajstić information content (AvgIpc) is 2.84. The standard InChI is InChI=1S/C14H20N6O/c1-9(13-18-16-8-20(13)4)17-14(21)10-5-6-12(19(2)3)11(15)7-10/h5-9H,15H2,1-4H3,(H,17,21). The first kappa shape index (κ1) is 14.8. The number of rotatable bonds is 4. The molecule has 2 rings (SSSR count). The number of nitrogens with one attached hydrogen (secondary N) is 1. The van der Waals surface area contributed by atoms with Crippen molar-refractivity contribution in [2.75, 3.05) is 24.7 Å². The lowest BCUT2D eigenvalue weighted by Crippen LogP contribution is -2.28. The summed E-state index contributed by atoms with van der Waals surface area (Å²) in [5.41, 5.74) is 7.93. The van der Waals surface area contributed by atoms with Crippen molar-refractivity contribution in [2.45, 2.75) is 13.0 Å². The molecule has 2 aromatic rings. The van der Waals surface area contributed by atoms with Crippen molar-refractivity contribution in [1.29, 1.82) is 0 Å². The van der Waals surface area contributed by atoms with Gasteiger partial charge in [0.25, 0.3) is 5.91 Å². The van der Waals surface area contributed by atoms with Gasteiger partial charge in [0.05, 0.1) is 17.4 Å². The van der Waals surface area contributed by atoms with Crippen LogP contribution in [0, 0.1) is 0 Å². The molecule has 1 unspecified atom stereocenters. The summed E-state index contributed by atoms with van der Waals surface area (Å²) in [7, 11) is 5.64. The van der Waals surface area contributed by atoms with Gasteiger partial charge in [-0.3, -0.25) is 4.79 Å². The van der Waals surface area contributed by atoms with Gasteiger partial charge >= 0.3 is 0 Å². The molecule has 21 heavy (non-hydrogen) atoms. The van der Waals surface area contributed by atoms with Crippen molar-refractivity contribution in [3.05, 3.63) is 35.9 Å². The molecule has 0 saturated carbocycles. The lowest BCUT2D eigenvalue weighted by molar-refractivity contribution is 0.0938. The van der Waals surface area contributed by atoms with Gasteiger partial charge < -0.3 is 20.5 Å². The van der Waals surface area contributed by atoms with Crippen molar-refractivity contribution in [2.24, 2.45) is 7.05 Å². The van der Waals surface area contributed by atoms with Crippen LogP contribution in [-0.4, -0.2) is 34.8 Å². The zero-order valence-electron chi connectivity index (χ0n) is 12.7. The maximum Gasteiger partial charge on any atom is 0.251 e. The average molecular weight is 288 g/mol. The summed E-state index contributed by atoms with van der Waals surface area (Å²) in [5, 5.41) is 10.7. The van der Waals surface area contributed by atoms with Gasteiger partial charge in [-0.05, 0) is 25.1 Å². The predicted molar refractivity (Wildman–Crippen MR) is 82.1 cm³/mol. The molecule has 0 bridgehead atoms. The molecule has 7 heteroatoms. The Morgan fingerprint density at radius 3 is 2.67 bits per heavy atom. The molecule has 1 atom stereocenters. The minimum atomic E-state index is -0.236. The molecule has 0 aliphatic carbocycles. The molecule has 1 aromatic heterocycles. The largest absolute Gasteiger partial charge is 0.397 e. The van der Waals surface area contributed by atoms with Gasteiger partial charge in [-0.2, -0.15) is 0 Å². The Labute approximate surface area is 123 Å². The Morgan fingerprint density at radius 1 is 1.43 bits per heavy atom. The lowest BCUT2D eigenvalue weighted by Gasteiger charge is -2.17. The molecule has 1 amide bonds. The van der Waals surface area contributed by atoms with Crippen molar-refractivity contribution in [1.82, 2.24) is 20.1 Å². The Morgan fingerprint density at radius 2 is 2.14 bits per heavy atom. The highest BCUT2D eigenvalue weighted by Crippen LogP contribution is 2.22. The van der Waals surface area contributed by atoms with Crippen LogP contribution in [0.3, 0.4) is 0 Å². The summed E-state index contributed by atoms with van der Waals surface area (Å²) < 4.78 is 1.77. The lowest BCUT2D eigenvalue weighted by atomic mass is 10.1. The molecule has 0 spiro atoms. The first-order valence-electron chi connectivity index (χ1n) is 6.61. The molecule has 0 aliphatic heterocycles. The summed E-state index contributed by atoms with van der Waals surface area (Å²) in [4.78, 5) is 14.2. The number of carbonyl (C=O) groups is 1. The van der Waals surface area contributed by atoms with Crippen LogP contribution in [-0.2, 0) is 7.05 Å². The molecule has 1 heterocycles. The molecule has 7 nitrogen and oxygen atoms in total. The Hall–Kier alpha value is -2.57. The number of anilines is 2. The topological polar surface area (TPSA) is 89.1 Å². The minimum Gasteiger partial charge on any atom is -0.397 e. The molecule has 0 radical (unpaired) electrons. The first-order valence-corrected chi connectivity index (χ1v) is 6.61. The van der Waals surface area contributed by atoms with Crippen molar-refractivity contribution in [3.8, 4) is 0 Å². The predicted octanol–water partition coefficient (Wildman–Crippen LogP) is 0.954. The Bertz CT molecular complexity index is 649. The summed E-state index contributed by atoms with van der Waals surface area (Å²) in [6.45, 7) is 1.86. The van der Waals surface area contributed by atoms with E-state index in [2.05, 4.69) is 15.5 Å². The van der Waals surface area contributed by atoms with E-state index < -0.39 is 0 Å². The molecule has 112 valence electrons. The zero-order valence-corrected chi connectivity index (χ0v) is 12.7. The van der Waals surface area contributed by atoms with Gasteiger partial charge in [0.2, 0.25) is 0 Å². The number of carbonyl (C=O) groups excluding carboxylic acids is 1. The number of hydrogen-bond donors (Lipinski definition) is 2. The Kier molecular flexibility index (Phi) is 4.11. The molecule has 0 aliphatic rings. The van der Waals surface area contributed by atoms with E-state index in [1.807, 2.05) is 39.0 Å². The van der Waals surface area contributed by atoms with E-state index in [9.17, 15) is 4.79 Å². The van der Waals surface area contributed by atoms with Crippen molar-refractivity contribution in [3.63, 3.8) is 0 Å². The van der Waals surface area contributed by atoms with Crippen LogP contribution in [0.25, 0.3) is 0 Å². The molecule has 3 N–H and O–H groups in total. The quantitative estimate of drug-likeness (QED) is 0.818. The molecular weight excluding hydrogens is 268 g/mol. The van der Waals surface area contributed by atoms with E-state index in [1.54, 1.807) is 23.0 Å². The zero-order chi connectivity index (χ0) is 15.6. The third kappa shape index (κ3) is 3.13. The highest BCUT2D eigenvalue weighted by Gasteiger charge is 2.16. The van der Waals surface area contributed by atoms with Gasteiger partial charge in [0, 0.05) is 26.7 Å². The highest BCUT2D eigenvalue weighted by molar-refractivity contribution is 5.96. The summed E-state index contributed by atoms with van der Waals surface area (Å²) in [6.07, 6.45) is 1.60. The molecule has 0 fully saturated rings. The van der Waals surface area contributed by atoms with E-state index in [0.717, 1.165) is 5.69 Å². The first-order chi connectivity index (χ1) is 9.90. The van der Waals surface area contributed by atoms with Gasteiger partial charge in [-0.1, -0.05) is 0 Å². The van der Waals surface area contributed by atoms with E-state index in [0.29, 0.717) is 17.1 Å². The number of amides is 1. The van der Waals surface area contributed by atoms with Crippen LogP contribution < -0.4 is 16.0 Å². The van der Waals surface area contributed by atoms with Crippen LogP contribution in [0.5, 0.6) is 0 Å². The number of nitrogen functional groups attached to an aromatic ring is 1. The van der Waals surface area contributed by atoms with E-state index in [-0.39, 0.29) is 11.9 Å². The number of benzene rings is 1. The second kappa shape index (κ2) is 5.82. The van der Waals surface area contributed by atoms with Gasteiger partial charge in [-0.15, -0.1) is 10.2 Å². The van der Waals surface area contributed by atoms with E-state index in [4.69, 9.17) is 5.73 Å². The number of aromatic nitrogens is 3. The number of nitrogens with zero attached hydrogens (tertiary/aromatic N) is 4. The summed E-state index contributed by atoms with van der Waals surface area (Å²) in [5.74, 6) is 0.503. The van der Waals surface area contributed by atoms with Gasteiger partial charge in [0.15, 0.2) is 5.82 Å². The number of aryl methyl sites for hydroxylation is 1. The third-order valence-electron chi connectivity index (χ3n) is 3.25. The van der Waals surface area contributed by atoms with Crippen LogP contribution in [0.4, 0.5) is 11.4 Å². The fraction of sp³-hybridized carbons (Fsp3) is 0.357. The normalized spacial score (nSPS) is 12.0. The van der Waals surface area contributed by atoms with Gasteiger partial charge in [-0.25, -0.2) is 0 Å². The van der Waals surface area contributed by atoms with Crippen LogP contribution in [0.15, 0.2) is 24.5 Å². The van der Waals surface area contributed by atoms with Crippen LogP contribution in [0.1, 0.15) is 29.1 Å². The fourth-order valence-corrected chi connectivity index (χ4v) is 2.13. The van der Waals surface area contributed by atoms with Crippen LogP contribution >= 0.6 is 0 Å². The maximum atomic E-state index is 12.3. The number of nitrogens with two attached hydrogens (primary N) is 1. The SMILES string of the molecule is CC(NC(=O)c1ccc(N(C)C)c(N)c1)c1nncn1C. The maximum absolute atomic E-state index is 12.3. The van der Waals surface area contributed by atoms with Crippen LogP contribution in [0.2, 0.25) is 0 Å². The monoisotopic (exact) mass is 288 g/mol. The Balaban J connectivity index is 2.14. The molecule has 0 saturated heterocycles. The second-order valence-electron chi connectivity index (χ2n) is 5.16.